The summed E-state index contributed by atoms with van der Waals surface area (Å²) in [6.07, 6.45) is 0. The Morgan fingerprint density at radius 3 is 2.50 bits per heavy atom. The van der Waals surface area contributed by atoms with Gasteiger partial charge >= 0.3 is 7.75 Å². The second kappa shape index (κ2) is 5.25. The largest absolute Gasteiger partial charge is 0.456 e. The van der Waals surface area contributed by atoms with Crippen molar-refractivity contribution in [3.05, 3.63) is 30.3 Å². The van der Waals surface area contributed by atoms with Gasteiger partial charge in [-0.25, -0.2) is 9.65 Å². The number of rotatable bonds is 5. The third-order valence-corrected chi connectivity index (χ3v) is 3.11. The Hall–Kier alpha value is -1.16. The van der Waals surface area contributed by atoms with E-state index in [1.54, 1.807) is 30.3 Å². The van der Waals surface area contributed by atoms with E-state index in [4.69, 9.17) is 4.52 Å². The van der Waals surface area contributed by atoms with Gasteiger partial charge < -0.3 is 9.42 Å². The molecule has 0 heterocycles. The first-order valence-corrected chi connectivity index (χ1v) is 6.34. The Morgan fingerprint density at radius 2 is 2.00 bits per heavy atom. The van der Waals surface area contributed by atoms with Crippen LogP contribution >= 0.6 is 7.75 Å². The number of para-hydroxylation sites is 1. The van der Waals surface area contributed by atoms with Gasteiger partial charge in [0.2, 0.25) is 0 Å². The van der Waals surface area contributed by atoms with E-state index in [1.807, 2.05) is 0 Å². The van der Waals surface area contributed by atoms with Gasteiger partial charge in [0.15, 0.2) is 0 Å². The Balaban J connectivity index is 2.66. The number of benzene rings is 1. The lowest BCUT2D eigenvalue weighted by molar-refractivity contribution is -0.118. The number of hydrogen-bond donors (Lipinski definition) is 2. The molecule has 2 unspecified atom stereocenters. The minimum absolute atomic E-state index is 0.231. The fraction of sp³-hybridized carbons (Fsp3) is 0.300. The van der Waals surface area contributed by atoms with E-state index < -0.39 is 13.8 Å². The Kier molecular flexibility index (Phi) is 4.24. The zero-order valence-corrected chi connectivity index (χ0v) is 9.98. The molecule has 6 heteroatoms. The van der Waals surface area contributed by atoms with E-state index in [1.165, 1.54) is 13.8 Å². The summed E-state index contributed by atoms with van der Waals surface area (Å²) in [4.78, 5) is 20.4. The molecule has 0 aliphatic heterocycles. The molecule has 0 fully saturated rings. The average molecular weight is 243 g/mol. The lowest BCUT2D eigenvalue weighted by atomic mass is 10.3. The SMILES string of the molecule is CC(=O)C(C)NP(=O)(O)Oc1ccccc1. The third-order valence-electron chi connectivity index (χ3n) is 1.94. The summed E-state index contributed by atoms with van der Waals surface area (Å²) in [5.74, 6) is 0.0440. The van der Waals surface area contributed by atoms with Crippen molar-refractivity contribution < 1.29 is 18.8 Å². The maximum absolute atomic E-state index is 11.6. The summed E-state index contributed by atoms with van der Waals surface area (Å²) in [6, 6.07) is 7.53. The number of Topliss-reactive ketones (excluding diaryl/α,β-unsaturated/α-hetero) is 1. The van der Waals surface area contributed by atoms with Crippen LogP contribution in [0.15, 0.2) is 30.3 Å². The molecule has 1 aromatic rings. The monoisotopic (exact) mass is 243 g/mol. The van der Waals surface area contributed by atoms with Crippen molar-refractivity contribution in [2.24, 2.45) is 0 Å². The molecule has 0 bridgehead atoms. The van der Waals surface area contributed by atoms with Gasteiger partial charge in [0, 0.05) is 0 Å². The van der Waals surface area contributed by atoms with Gasteiger partial charge in [-0.2, -0.15) is 0 Å². The highest BCUT2D eigenvalue weighted by Gasteiger charge is 2.25. The molecule has 5 nitrogen and oxygen atoms in total. The van der Waals surface area contributed by atoms with Gasteiger partial charge in [0.05, 0.1) is 6.04 Å². The van der Waals surface area contributed by atoms with E-state index in [2.05, 4.69) is 5.09 Å². The summed E-state index contributed by atoms with van der Waals surface area (Å²) >= 11 is 0. The maximum atomic E-state index is 11.6. The molecule has 16 heavy (non-hydrogen) atoms. The van der Waals surface area contributed by atoms with Gasteiger partial charge in [-0.05, 0) is 26.0 Å². The molecule has 0 spiro atoms. The first-order chi connectivity index (χ1) is 7.41. The quantitative estimate of drug-likeness (QED) is 0.770. The predicted molar refractivity (Wildman–Crippen MR) is 60.2 cm³/mol. The lowest BCUT2D eigenvalue weighted by Crippen LogP contribution is -2.31. The minimum atomic E-state index is -4.00. The van der Waals surface area contributed by atoms with E-state index in [0.29, 0.717) is 0 Å². The molecule has 0 aliphatic rings. The predicted octanol–water partition coefficient (Wildman–Crippen LogP) is 1.73. The van der Waals surface area contributed by atoms with Crippen LogP contribution in [0.3, 0.4) is 0 Å². The number of nitrogens with one attached hydrogen (secondary N) is 1. The molecule has 0 radical (unpaired) electrons. The summed E-state index contributed by atoms with van der Waals surface area (Å²) in [5.41, 5.74) is 0. The van der Waals surface area contributed by atoms with Gasteiger partial charge in [0.1, 0.15) is 11.5 Å². The van der Waals surface area contributed by atoms with Crippen molar-refractivity contribution in [2.45, 2.75) is 19.9 Å². The summed E-state index contributed by atoms with van der Waals surface area (Å²) in [7, 11) is -4.00. The van der Waals surface area contributed by atoms with E-state index in [0.717, 1.165) is 0 Å². The first-order valence-electron chi connectivity index (χ1n) is 4.76. The lowest BCUT2D eigenvalue weighted by Gasteiger charge is -2.17. The highest BCUT2D eigenvalue weighted by molar-refractivity contribution is 7.51. The maximum Gasteiger partial charge on any atom is 0.456 e. The van der Waals surface area contributed by atoms with Crippen LogP contribution in [-0.2, 0) is 9.36 Å². The van der Waals surface area contributed by atoms with Crippen molar-refractivity contribution in [2.75, 3.05) is 0 Å². The van der Waals surface area contributed by atoms with Gasteiger partial charge in [-0.15, -0.1) is 0 Å². The van der Waals surface area contributed by atoms with Crippen molar-refractivity contribution >= 4 is 13.5 Å². The molecule has 88 valence electrons. The van der Waals surface area contributed by atoms with E-state index in [-0.39, 0.29) is 11.5 Å². The van der Waals surface area contributed by atoms with Crippen molar-refractivity contribution in [1.29, 1.82) is 0 Å². The average Bonchev–Trinajstić information content (AvgIpc) is 2.17. The molecular weight excluding hydrogens is 229 g/mol. The highest BCUT2D eigenvalue weighted by atomic mass is 31.2. The van der Waals surface area contributed by atoms with Crippen LogP contribution < -0.4 is 9.61 Å². The van der Waals surface area contributed by atoms with Crippen LogP contribution in [0.2, 0.25) is 0 Å². The van der Waals surface area contributed by atoms with Gasteiger partial charge in [-0.1, -0.05) is 18.2 Å². The number of hydrogen-bond acceptors (Lipinski definition) is 3. The van der Waals surface area contributed by atoms with Crippen molar-refractivity contribution in [3.63, 3.8) is 0 Å². The molecule has 2 atom stereocenters. The minimum Gasteiger partial charge on any atom is -0.413 e. The van der Waals surface area contributed by atoms with Crippen LogP contribution in [0.25, 0.3) is 0 Å². The standard InChI is InChI=1S/C10H14NO4P/c1-8(9(2)12)11-16(13,14)15-10-6-4-3-5-7-10/h3-8H,1-2H3,(H2,11,13,14). The summed E-state index contributed by atoms with van der Waals surface area (Å²) < 4.78 is 16.4. The first kappa shape index (κ1) is 12.9. The topological polar surface area (TPSA) is 75.6 Å². The Bertz CT molecular complexity index is 407. The fourth-order valence-electron chi connectivity index (χ4n) is 0.986. The zero-order valence-electron chi connectivity index (χ0n) is 9.08. The summed E-state index contributed by atoms with van der Waals surface area (Å²) in [6.45, 7) is 2.83. The molecule has 0 aliphatic carbocycles. The van der Waals surface area contributed by atoms with Crippen LogP contribution in [0, 0.1) is 0 Å². The number of carbonyl (C=O) groups excluding carboxylic acids is 1. The highest BCUT2D eigenvalue weighted by Crippen LogP contribution is 2.38. The van der Waals surface area contributed by atoms with Crippen LogP contribution in [-0.4, -0.2) is 16.7 Å². The fourth-order valence-corrected chi connectivity index (χ4v) is 2.12. The number of ketones is 1. The van der Waals surface area contributed by atoms with Gasteiger partial charge in [0.25, 0.3) is 0 Å². The smallest absolute Gasteiger partial charge is 0.413 e. The van der Waals surface area contributed by atoms with Gasteiger partial charge in [-0.3, -0.25) is 4.79 Å². The molecule has 1 aromatic carbocycles. The second-order valence-corrected chi connectivity index (χ2v) is 4.87. The number of carbonyl (C=O) groups is 1. The molecular formula is C10H14NO4P. The van der Waals surface area contributed by atoms with Crippen molar-refractivity contribution in [1.82, 2.24) is 5.09 Å². The normalized spacial score (nSPS) is 16.2. The Morgan fingerprint density at radius 1 is 1.44 bits per heavy atom. The molecule has 0 saturated heterocycles. The summed E-state index contributed by atoms with van der Waals surface area (Å²) in [5, 5.41) is 2.24. The molecule has 0 saturated carbocycles. The molecule has 0 aromatic heterocycles. The van der Waals surface area contributed by atoms with Crippen LogP contribution in [0.4, 0.5) is 0 Å². The van der Waals surface area contributed by atoms with E-state index >= 15 is 0 Å². The second-order valence-electron chi connectivity index (χ2n) is 3.39. The molecule has 2 N–H and O–H groups in total. The zero-order chi connectivity index (χ0) is 12.2. The van der Waals surface area contributed by atoms with Crippen molar-refractivity contribution in [3.8, 4) is 5.75 Å². The Labute approximate surface area is 94.0 Å². The molecule has 0 amide bonds. The molecule has 1 rings (SSSR count). The van der Waals surface area contributed by atoms with Crippen LogP contribution in [0.5, 0.6) is 5.75 Å². The van der Waals surface area contributed by atoms with E-state index in [9.17, 15) is 14.3 Å². The third kappa shape index (κ3) is 4.14. The van der Waals surface area contributed by atoms with Crippen LogP contribution in [0.1, 0.15) is 13.8 Å².